The molecule has 0 radical (unpaired) electrons. The molecule has 3 aromatic rings. The highest BCUT2D eigenvalue weighted by molar-refractivity contribution is 5.93. The van der Waals surface area contributed by atoms with Gasteiger partial charge in [0.2, 0.25) is 11.8 Å². The molecule has 152 valence electrons. The first-order chi connectivity index (χ1) is 14.0. The Morgan fingerprint density at radius 1 is 1.03 bits per heavy atom. The van der Waals surface area contributed by atoms with E-state index in [4.69, 9.17) is 4.74 Å². The Hall–Kier alpha value is -3.19. The number of aryl methyl sites for hydroxylation is 2. The van der Waals surface area contributed by atoms with Gasteiger partial charge in [0.25, 0.3) is 0 Å². The number of benzene rings is 2. The number of nitrogens with zero attached hydrogens (tertiary/aromatic N) is 2. The number of hydrogen-bond acceptors (Lipinski definition) is 4. The first kappa shape index (κ1) is 20.5. The summed E-state index contributed by atoms with van der Waals surface area (Å²) in [5.74, 6) is 0.457. The first-order valence-electron chi connectivity index (χ1n) is 9.55. The van der Waals surface area contributed by atoms with Gasteiger partial charge in [0.15, 0.2) is 0 Å². The number of fused-ring (bicyclic) bond motifs is 1. The average Bonchev–Trinajstić information content (AvgIpc) is 3.02. The number of carbonyl (C=O) groups is 2. The molecule has 0 aliphatic carbocycles. The molecule has 3 rings (SSSR count). The molecule has 0 unspecified atom stereocenters. The normalized spacial score (nSPS) is 10.9. The zero-order chi connectivity index (χ0) is 20.8. The fraction of sp³-hybridized carbons (Fsp3) is 0.318. The molecule has 0 bridgehead atoms. The number of imidazole rings is 1. The predicted molar refractivity (Wildman–Crippen MR) is 113 cm³/mol. The van der Waals surface area contributed by atoms with Crippen LogP contribution in [0.4, 0.5) is 5.69 Å². The number of para-hydroxylation sites is 3. The van der Waals surface area contributed by atoms with Crippen LogP contribution in [0.15, 0.2) is 42.5 Å². The third kappa shape index (κ3) is 5.00. The fourth-order valence-electron chi connectivity index (χ4n) is 3.32. The molecule has 2 N–H and O–H groups in total. The van der Waals surface area contributed by atoms with Crippen LogP contribution < -0.4 is 10.6 Å². The molecule has 0 saturated carbocycles. The van der Waals surface area contributed by atoms with E-state index in [0.717, 1.165) is 33.7 Å². The summed E-state index contributed by atoms with van der Waals surface area (Å²) in [5.41, 5.74) is 4.60. The SMILES string of the molecule is COCC(=O)NCCc1nc2ccccc2n1CC(=O)Nc1c(C)cccc1C. The van der Waals surface area contributed by atoms with Gasteiger partial charge in [0, 0.05) is 25.8 Å². The number of carbonyl (C=O) groups excluding carboxylic acids is 2. The Morgan fingerprint density at radius 2 is 1.76 bits per heavy atom. The van der Waals surface area contributed by atoms with E-state index in [-0.39, 0.29) is 25.0 Å². The summed E-state index contributed by atoms with van der Waals surface area (Å²) >= 11 is 0. The second kappa shape index (κ2) is 9.34. The second-order valence-corrected chi connectivity index (χ2v) is 6.95. The molecule has 0 saturated heterocycles. The molecule has 2 aromatic carbocycles. The molecule has 2 amide bonds. The van der Waals surface area contributed by atoms with E-state index in [0.29, 0.717) is 13.0 Å². The minimum Gasteiger partial charge on any atom is -0.375 e. The quantitative estimate of drug-likeness (QED) is 0.615. The van der Waals surface area contributed by atoms with Gasteiger partial charge in [-0.05, 0) is 37.1 Å². The van der Waals surface area contributed by atoms with Crippen LogP contribution in [0.5, 0.6) is 0 Å². The lowest BCUT2D eigenvalue weighted by Crippen LogP contribution is -2.30. The first-order valence-corrected chi connectivity index (χ1v) is 9.55. The van der Waals surface area contributed by atoms with Crippen molar-refractivity contribution >= 4 is 28.5 Å². The van der Waals surface area contributed by atoms with Gasteiger partial charge in [-0.15, -0.1) is 0 Å². The zero-order valence-electron chi connectivity index (χ0n) is 17.0. The van der Waals surface area contributed by atoms with Gasteiger partial charge < -0.3 is 19.9 Å². The monoisotopic (exact) mass is 394 g/mol. The molecular formula is C22H26N4O3. The summed E-state index contributed by atoms with van der Waals surface area (Å²) < 4.78 is 6.72. The van der Waals surface area contributed by atoms with E-state index in [1.165, 1.54) is 7.11 Å². The van der Waals surface area contributed by atoms with E-state index in [9.17, 15) is 9.59 Å². The van der Waals surface area contributed by atoms with Gasteiger partial charge in [-0.25, -0.2) is 4.98 Å². The van der Waals surface area contributed by atoms with Crippen LogP contribution in [0, 0.1) is 13.8 Å². The zero-order valence-corrected chi connectivity index (χ0v) is 17.0. The molecule has 0 aliphatic rings. The van der Waals surface area contributed by atoms with Crippen LogP contribution in [0.3, 0.4) is 0 Å². The fourth-order valence-corrected chi connectivity index (χ4v) is 3.32. The molecule has 0 fully saturated rings. The van der Waals surface area contributed by atoms with E-state index >= 15 is 0 Å². The molecule has 29 heavy (non-hydrogen) atoms. The van der Waals surface area contributed by atoms with Crippen LogP contribution in [0.1, 0.15) is 17.0 Å². The van der Waals surface area contributed by atoms with Crippen molar-refractivity contribution < 1.29 is 14.3 Å². The maximum Gasteiger partial charge on any atom is 0.245 e. The molecule has 0 atom stereocenters. The number of methoxy groups -OCH3 is 1. The Kier molecular flexibility index (Phi) is 6.61. The average molecular weight is 394 g/mol. The summed E-state index contributed by atoms with van der Waals surface area (Å²) in [5, 5.41) is 5.82. The van der Waals surface area contributed by atoms with Crippen LogP contribution >= 0.6 is 0 Å². The van der Waals surface area contributed by atoms with Gasteiger partial charge in [-0.2, -0.15) is 0 Å². The van der Waals surface area contributed by atoms with E-state index in [2.05, 4.69) is 15.6 Å². The topological polar surface area (TPSA) is 85.2 Å². The number of ether oxygens (including phenoxy) is 1. The Labute approximate surface area is 170 Å². The largest absolute Gasteiger partial charge is 0.375 e. The standard InChI is InChI=1S/C22H26N4O3/c1-15-7-6-8-16(2)22(15)25-20(27)13-26-18-10-5-4-9-17(18)24-19(26)11-12-23-21(28)14-29-3/h4-10H,11-14H2,1-3H3,(H,23,28)(H,25,27). The summed E-state index contributed by atoms with van der Waals surface area (Å²) in [7, 11) is 1.48. The van der Waals surface area contributed by atoms with Crippen LogP contribution in [-0.4, -0.2) is 41.6 Å². The number of amides is 2. The molecule has 1 aromatic heterocycles. The molecule has 0 spiro atoms. The van der Waals surface area contributed by atoms with Crippen molar-refractivity contribution in [3.8, 4) is 0 Å². The summed E-state index contributed by atoms with van der Waals surface area (Å²) in [6.45, 7) is 4.54. The summed E-state index contributed by atoms with van der Waals surface area (Å²) in [4.78, 5) is 29.1. The third-order valence-electron chi connectivity index (χ3n) is 4.73. The highest BCUT2D eigenvalue weighted by Gasteiger charge is 2.15. The highest BCUT2D eigenvalue weighted by Crippen LogP contribution is 2.20. The lowest BCUT2D eigenvalue weighted by molar-refractivity contribution is -0.124. The van der Waals surface area contributed by atoms with Gasteiger partial charge in [-0.1, -0.05) is 30.3 Å². The lowest BCUT2D eigenvalue weighted by atomic mass is 10.1. The molecular weight excluding hydrogens is 368 g/mol. The smallest absolute Gasteiger partial charge is 0.245 e. The minimum absolute atomic E-state index is 0.0224. The number of anilines is 1. The number of nitrogens with one attached hydrogen (secondary N) is 2. The second-order valence-electron chi connectivity index (χ2n) is 6.95. The molecule has 7 heteroatoms. The van der Waals surface area contributed by atoms with Crippen LogP contribution in [0.2, 0.25) is 0 Å². The number of hydrogen-bond donors (Lipinski definition) is 2. The molecule has 1 heterocycles. The third-order valence-corrected chi connectivity index (χ3v) is 4.73. The molecule has 0 aliphatic heterocycles. The van der Waals surface area contributed by atoms with Gasteiger partial charge in [0.05, 0.1) is 11.0 Å². The van der Waals surface area contributed by atoms with Crippen molar-refractivity contribution in [1.82, 2.24) is 14.9 Å². The molecule has 7 nitrogen and oxygen atoms in total. The minimum atomic E-state index is -0.178. The van der Waals surface area contributed by atoms with E-state index < -0.39 is 0 Å². The Bertz CT molecular complexity index is 1010. The van der Waals surface area contributed by atoms with Gasteiger partial charge >= 0.3 is 0 Å². The van der Waals surface area contributed by atoms with Crippen LogP contribution in [-0.2, 0) is 27.3 Å². The summed E-state index contributed by atoms with van der Waals surface area (Å²) in [6, 6.07) is 13.6. The van der Waals surface area contributed by atoms with Crippen molar-refractivity contribution in [2.75, 3.05) is 25.6 Å². The predicted octanol–water partition coefficient (Wildman–Crippen LogP) is 2.60. The lowest BCUT2D eigenvalue weighted by Gasteiger charge is -2.13. The summed E-state index contributed by atoms with van der Waals surface area (Å²) in [6.07, 6.45) is 0.515. The number of rotatable bonds is 8. The van der Waals surface area contributed by atoms with Crippen molar-refractivity contribution in [2.45, 2.75) is 26.8 Å². The van der Waals surface area contributed by atoms with Gasteiger partial charge in [-0.3, -0.25) is 9.59 Å². The highest BCUT2D eigenvalue weighted by atomic mass is 16.5. The Balaban J connectivity index is 1.78. The van der Waals surface area contributed by atoms with Gasteiger partial charge in [0.1, 0.15) is 19.0 Å². The van der Waals surface area contributed by atoms with E-state index in [1.807, 2.05) is 60.9 Å². The van der Waals surface area contributed by atoms with E-state index in [1.54, 1.807) is 0 Å². The Morgan fingerprint density at radius 3 is 2.48 bits per heavy atom. The van der Waals surface area contributed by atoms with Crippen molar-refractivity contribution in [2.24, 2.45) is 0 Å². The maximum absolute atomic E-state index is 12.8. The number of aromatic nitrogens is 2. The van der Waals surface area contributed by atoms with Crippen molar-refractivity contribution in [3.05, 3.63) is 59.4 Å². The maximum atomic E-state index is 12.8. The van der Waals surface area contributed by atoms with Crippen molar-refractivity contribution in [1.29, 1.82) is 0 Å². The van der Waals surface area contributed by atoms with Crippen molar-refractivity contribution in [3.63, 3.8) is 0 Å². The van der Waals surface area contributed by atoms with Crippen LogP contribution in [0.25, 0.3) is 11.0 Å².